The Morgan fingerprint density at radius 1 is 1.08 bits per heavy atom. The number of esters is 1. The van der Waals surface area contributed by atoms with Gasteiger partial charge >= 0.3 is 5.97 Å². The van der Waals surface area contributed by atoms with Gasteiger partial charge in [-0.1, -0.05) is 51.1 Å². The summed E-state index contributed by atoms with van der Waals surface area (Å²) in [5, 5.41) is 0. The van der Waals surface area contributed by atoms with Gasteiger partial charge in [-0.2, -0.15) is 0 Å². The van der Waals surface area contributed by atoms with Gasteiger partial charge in [-0.3, -0.25) is 0 Å². The van der Waals surface area contributed by atoms with Crippen molar-refractivity contribution in [2.75, 3.05) is 0 Å². The molecular weight excluding hydrogens is 340 g/mol. The van der Waals surface area contributed by atoms with E-state index in [4.69, 9.17) is 9.16 Å². The molecule has 0 saturated heterocycles. The van der Waals surface area contributed by atoms with Gasteiger partial charge in [-0.05, 0) is 60.3 Å². The molecule has 2 aromatic rings. The van der Waals surface area contributed by atoms with Crippen LogP contribution in [-0.2, 0) is 15.8 Å². The monoisotopic (exact) mass is 369 g/mol. The SMILES string of the molecule is Cc1ccc(C(O[Si](C)C)C(C)(C)C)cc1COC(=O)c1ccccc1. The van der Waals surface area contributed by atoms with Gasteiger partial charge in [0.15, 0.2) is 0 Å². The topological polar surface area (TPSA) is 35.5 Å². The molecule has 139 valence electrons. The largest absolute Gasteiger partial charge is 0.457 e. The van der Waals surface area contributed by atoms with Crippen molar-refractivity contribution in [3.8, 4) is 0 Å². The second-order valence-corrected chi connectivity index (χ2v) is 9.95. The van der Waals surface area contributed by atoms with Crippen LogP contribution in [0.4, 0.5) is 0 Å². The molecule has 1 atom stereocenters. The van der Waals surface area contributed by atoms with Gasteiger partial charge in [-0.15, -0.1) is 0 Å². The van der Waals surface area contributed by atoms with Crippen molar-refractivity contribution in [3.05, 3.63) is 70.8 Å². The number of aryl methyl sites for hydroxylation is 1. The predicted octanol–water partition coefficient (Wildman–Crippen LogP) is 5.71. The molecule has 2 aromatic carbocycles. The van der Waals surface area contributed by atoms with Gasteiger partial charge in [0.25, 0.3) is 0 Å². The maximum absolute atomic E-state index is 12.2. The average Bonchev–Trinajstić information content (AvgIpc) is 2.58. The Hall–Kier alpha value is -1.91. The summed E-state index contributed by atoms with van der Waals surface area (Å²) < 4.78 is 11.8. The fourth-order valence-electron chi connectivity index (χ4n) is 2.79. The summed E-state index contributed by atoms with van der Waals surface area (Å²) in [6.45, 7) is 13.2. The van der Waals surface area contributed by atoms with Crippen molar-refractivity contribution in [2.24, 2.45) is 5.41 Å². The molecule has 26 heavy (non-hydrogen) atoms. The number of ether oxygens (including phenoxy) is 1. The summed E-state index contributed by atoms with van der Waals surface area (Å²) in [6.07, 6.45) is 0.0237. The zero-order valence-electron chi connectivity index (χ0n) is 16.6. The molecule has 0 fully saturated rings. The highest BCUT2D eigenvalue weighted by atomic mass is 28.3. The van der Waals surface area contributed by atoms with Crippen LogP contribution in [0.3, 0.4) is 0 Å². The molecule has 0 heterocycles. The molecule has 0 amide bonds. The van der Waals surface area contributed by atoms with E-state index in [1.54, 1.807) is 12.1 Å². The predicted molar refractivity (Wildman–Crippen MR) is 108 cm³/mol. The van der Waals surface area contributed by atoms with Crippen LogP contribution in [0.15, 0.2) is 48.5 Å². The van der Waals surface area contributed by atoms with Crippen LogP contribution in [0.5, 0.6) is 0 Å². The first kappa shape index (κ1) is 20.4. The number of rotatable bonds is 6. The molecule has 0 aromatic heterocycles. The van der Waals surface area contributed by atoms with Gasteiger partial charge in [0, 0.05) is 0 Å². The lowest BCUT2D eigenvalue weighted by molar-refractivity contribution is 0.0471. The summed E-state index contributed by atoms with van der Waals surface area (Å²) in [4.78, 5) is 12.2. The van der Waals surface area contributed by atoms with Crippen LogP contribution in [0.25, 0.3) is 0 Å². The summed E-state index contributed by atoms with van der Waals surface area (Å²) in [5.41, 5.74) is 3.84. The second-order valence-electron chi connectivity index (χ2n) is 7.90. The van der Waals surface area contributed by atoms with Crippen LogP contribution in [0.2, 0.25) is 13.1 Å². The summed E-state index contributed by atoms with van der Waals surface area (Å²) >= 11 is 0. The summed E-state index contributed by atoms with van der Waals surface area (Å²) in [6, 6.07) is 15.4. The van der Waals surface area contributed by atoms with E-state index in [-0.39, 0.29) is 24.1 Å². The first-order valence-electron chi connectivity index (χ1n) is 8.97. The zero-order valence-corrected chi connectivity index (χ0v) is 17.6. The van der Waals surface area contributed by atoms with Gasteiger partial charge in [0.2, 0.25) is 9.04 Å². The molecule has 2 rings (SSSR count). The van der Waals surface area contributed by atoms with Crippen molar-refractivity contribution in [1.82, 2.24) is 0 Å². The molecule has 1 radical (unpaired) electrons. The third-order valence-electron chi connectivity index (χ3n) is 4.18. The van der Waals surface area contributed by atoms with E-state index in [2.05, 4.69) is 52.1 Å². The minimum Gasteiger partial charge on any atom is -0.457 e. The van der Waals surface area contributed by atoms with Gasteiger partial charge in [-0.25, -0.2) is 4.79 Å². The van der Waals surface area contributed by atoms with Crippen LogP contribution >= 0.6 is 0 Å². The molecule has 0 saturated carbocycles. The van der Waals surface area contributed by atoms with E-state index in [0.717, 1.165) is 16.7 Å². The Labute approximate surface area is 159 Å². The number of carbonyl (C=O) groups is 1. The number of benzene rings is 2. The normalized spacial score (nSPS) is 12.9. The maximum atomic E-state index is 12.2. The van der Waals surface area contributed by atoms with Crippen molar-refractivity contribution in [1.29, 1.82) is 0 Å². The molecule has 4 heteroatoms. The molecule has 0 spiro atoms. The molecule has 0 bridgehead atoms. The number of carbonyl (C=O) groups excluding carboxylic acids is 1. The number of hydrogen-bond acceptors (Lipinski definition) is 3. The summed E-state index contributed by atoms with van der Waals surface area (Å²) in [5.74, 6) is -0.299. The third kappa shape index (κ3) is 5.54. The smallest absolute Gasteiger partial charge is 0.338 e. The van der Waals surface area contributed by atoms with Gasteiger partial charge in [0.1, 0.15) is 6.61 Å². The lowest BCUT2D eigenvalue weighted by atomic mass is 9.84. The van der Waals surface area contributed by atoms with Gasteiger partial charge < -0.3 is 9.16 Å². The van der Waals surface area contributed by atoms with E-state index in [9.17, 15) is 4.79 Å². The minimum atomic E-state index is -0.832. The van der Waals surface area contributed by atoms with Crippen molar-refractivity contribution < 1.29 is 14.0 Å². The fourth-order valence-corrected chi connectivity index (χ4v) is 3.75. The quantitative estimate of drug-likeness (QED) is 0.483. The van der Waals surface area contributed by atoms with E-state index < -0.39 is 9.04 Å². The Bertz CT molecular complexity index is 733. The first-order chi connectivity index (χ1) is 12.2. The van der Waals surface area contributed by atoms with E-state index in [1.807, 2.05) is 25.1 Å². The Morgan fingerprint density at radius 2 is 1.73 bits per heavy atom. The van der Waals surface area contributed by atoms with Crippen molar-refractivity contribution in [3.63, 3.8) is 0 Å². The highest BCUT2D eigenvalue weighted by Gasteiger charge is 2.28. The minimum absolute atomic E-state index is 0.00478. The van der Waals surface area contributed by atoms with Crippen LogP contribution in [0.1, 0.15) is 53.9 Å². The van der Waals surface area contributed by atoms with E-state index in [0.29, 0.717) is 5.56 Å². The lowest BCUT2D eigenvalue weighted by Crippen LogP contribution is -2.26. The van der Waals surface area contributed by atoms with Crippen LogP contribution < -0.4 is 0 Å². The Kier molecular flexibility index (Phi) is 6.79. The maximum Gasteiger partial charge on any atom is 0.338 e. The van der Waals surface area contributed by atoms with Crippen LogP contribution in [-0.4, -0.2) is 15.0 Å². The molecule has 0 aliphatic carbocycles. The van der Waals surface area contributed by atoms with Crippen molar-refractivity contribution >= 4 is 15.0 Å². The standard InChI is InChI=1S/C22H29O3Si/c1-16-12-13-18(20(22(2,3)4)25-26(5)6)14-19(16)15-24-21(23)17-10-8-7-9-11-17/h7-14,20H,15H2,1-6H3. The van der Waals surface area contributed by atoms with E-state index >= 15 is 0 Å². The number of hydrogen-bond donors (Lipinski definition) is 0. The highest BCUT2D eigenvalue weighted by molar-refractivity contribution is 6.48. The van der Waals surface area contributed by atoms with Crippen LogP contribution in [0, 0.1) is 12.3 Å². The molecule has 0 aliphatic rings. The Balaban J connectivity index is 2.19. The fraction of sp³-hybridized carbons (Fsp3) is 0.409. The zero-order chi connectivity index (χ0) is 19.3. The third-order valence-corrected chi connectivity index (χ3v) is 4.89. The lowest BCUT2D eigenvalue weighted by Gasteiger charge is -2.33. The van der Waals surface area contributed by atoms with Gasteiger partial charge in [0.05, 0.1) is 11.7 Å². The second kappa shape index (κ2) is 8.65. The summed E-state index contributed by atoms with van der Waals surface area (Å²) in [7, 11) is -0.832. The molecule has 3 nitrogen and oxygen atoms in total. The molecule has 0 N–H and O–H groups in total. The van der Waals surface area contributed by atoms with Crippen molar-refractivity contribution in [2.45, 2.75) is 53.5 Å². The highest BCUT2D eigenvalue weighted by Crippen LogP contribution is 2.37. The Morgan fingerprint density at radius 3 is 2.31 bits per heavy atom. The molecule has 1 unspecified atom stereocenters. The molecular formula is C22H29O3Si. The first-order valence-corrected chi connectivity index (χ1v) is 11.4. The average molecular weight is 370 g/mol. The molecule has 0 aliphatic heterocycles. The van der Waals surface area contributed by atoms with E-state index in [1.165, 1.54) is 0 Å².